The minimum Gasteiger partial charge on any atom is -0.481 e. The highest BCUT2D eigenvalue weighted by Crippen LogP contribution is 2.30. The van der Waals surface area contributed by atoms with Gasteiger partial charge in [-0.2, -0.15) is 0 Å². The molecule has 6 heteroatoms. The van der Waals surface area contributed by atoms with Crippen molar-refractivity contribution in [2.24, 2.45) is 0 Å². The maximum atomic E-state index is 13.2. The van der Waals surface area contributed by atoms with Gasteiger partial charge in [0.25, 0.3) is 0 Å². The third kappa shape index (κ3) is 3.93. The predicted molar refractivity (Wildman–Crippen MR) is 75.5 cm³/mol. The van der Waals surface area contributed by atoms with Crippen molar-refractivity contribution in [3.05, 3.63) is 35.1 Å². The summed E-state index contributed by atoms with van der Waals surface area (Å²) in [5.74, 6) is -1.20. The Labute approximate surface area is 122 Å². The minimum absolute atomic E-state index is 0.0869. The Bertz CT molecular complexity index is 548. The molecule has 1 aliphatic carbocycles. The molecule has 114 valence electrons. The normalized spacial score (nSPS) is 17.0. The van der Waals surface area contributed by atoms with E-state index in [1.807, 2.05) is 0 Å². The quantitative estimate of drug-likeness (QED) is 0.895. The molecule has 2 N–H and O–H groups in total. The second-order valence-electron chi connectivity index (χ2n) is 5.30. The van der Waals surface area contributed by atoms with Crippen molar-refractivity contribution in [1.82, 2.24) is 10.2 Å². The molecule has 0 spiro atoms. The molecule has 0 saturated carbocycles. The standard InChI is InChI=1S/C15H19FN2O3/c1-18(8-7-14(19)20)15(21)17-13-4-2-3-10-9-11(16)5-6-12(10)13/h5-6,9,13H,2-4,7-8H2,1H3,(H,17,21)(H,19,20). The van der Waals surface area contributed by atoms with Crippen LogP contribution >= 0.6 is 0 Å². The number of hydrogen-bond acceptors (Lipinski definition) is 2. The van der Waals surface area contributed by atoms with E-state index >= 15 is 0 Å². The molecule has 0 aromatic heterocycles. The smallest absolute Gasteiger partial charge is 0.317 e. The van der Waals surface area contributed by atoms with Crippen LogP contribution in [0.2, 0.25) is 0 Å². The van der Waals surface area contributed by atoms with Crippen molar-refractivity contribution < 1.29 is 19.1 Å². The number of aliphatic carboxylic acids is 1. The second-order valence-corrected chi connectivity index (χ2v) is 5.30. The number of carboxylic acids is 1. The first-order valence-corrected chi connectivity index (χ1v) is 6.99. The van der Waals surface area contributed by atoms with E-state index in [0.717, 1.165) is 30.4 Å². The number of halogens is 1. The van der Waals surface area contributed by atoms with Gasteiger partial charge < -0.3 is 15.3 Å². The van der Waals surface area contributed by atoms with Crippen molar-refractivity contribution in [3.63, 3.8) is 0 Å². The summed E-state index contributed by atoms with van der Waals surface area (Å²) in [4.78, 5) is 23.9. The number of aryl methyl sites for hydroxylation is 1. The fourth-order valence-electron chi connectivity index (χ4n) is 2.56. The molecule has 5 nitrogen and oxygen atoms in total. The molecule has 1 aliphatic rings. The minimum atomic E-state index is -0.937. The fourth-order valence-corrected chi connectivity index (χ4v) is 2.56. The van der Waals surface area contributed by atoms with Crippen LogP contribution in [0.1, 0.15) is 36.4 Å². The first kappa shape index (κ1) is 15.3. The number of fused-ring (bicyclic) bond motifs is 1. The first-order chi connectivity index (χ1) is 9.97. The summed E-state index contributed by atoms with van der Waals surface area (Å²) in [7, 11) is 1.56. The van der Waals surface area contributed by atoms with Crippen LogP contribution in [0.5, 0.6) is 0 Å². The fraction of sp³-hybridized carbons (Fsp3) is 0.467. The van der Waals surface area contributed by atoms with Gasteiger partial charge in [-0.1, -0.05) is 6.07 Å². The molecule has 1 atom stereocenters. The summed E-state index contributed by atoms with van der Waals surface area (Å²) in [6, 6.07) is 4.18. The van der Waals surface area contributed by atoms with Gasteiger partial charge in [0.15, 0.2) is 0 Å². The molecule has 0 bridgehead atoms. The number of amides is 2. The van der Waals surface area contributed by atoms with Crippen molar-refractivity contribution in [2.45, 2.75) is 31.7 Å². The maximum Gasteiger partial charge on any atom is 0.317 e. The van der Waals surface area contributed by atoms with E-state index in [4.69, 9.17) is 5.11 Å². The molecule has 2 amide bonds. The number of rotatable bonds is 4. The maximum absolute atomic E-state index is 13.2. The lowest BCUT2D eigenvalue weighted by molar-refractivity contribution is -0.137. The molecule has 1 aromatic carbocycles. The Morgan fingerprint density at radius 3 is 2.95 bits per heavy atom. The van der Waals surface area contributed by atoms with E-state index in [1.165, 1.54) is 17.0 Å². The highest BCUT2D eigenvalue weighted by molar-refractivity contribution is 5.75. The van der Waals surface area contributed by atoms with E-state index in [2.05, 4.69) is 5.32 Å². The van der Waals surface area contributed by atoms with Crippen LogP contribution in [0, 0.1) is 5.82 Å². The molecular weight excluding hydrogens is 275 g/mol. The van der Waals surface area contributed by atoms with E-state index in [1.54, 1.807) is 13.1 Å². The number of nitrogens with zero attached hydrogens (tertiary/aromatic N) is 1. The van der Waals surface area contributed by atoms with Gasteiger partial charge in [0.2, 0.25) is 0 Å². The SMILES string of the molecule is CN(CCC(=O)O)C(=O)NC1CCCc2cc(F)ccc21. The molecular formula is C15H19FN2O3. The third-order valence-electron chi connectivity index (χ3n) is 3.72. The highest BCUT2D eigenvalue weighted by Gasteiger charge is 2.23. The molecule has 0 fully saturated rings. The Morgan fingerprint density at radius 2 is 2.24 bits per heavy atom. The van der Waals surface area contributed by atoms with Crippen LogP contribution in [0.15, 0.2) is 18.2 Å². The number of carbonyl (C=O) groups excluding carboxylic acids is 1. The van der Waals surface area contributed by atoms with Gasteiger partial charge in [-0.3, -0.25) is 4.79 Å². The van der Waals surface area contributed by atoms with Gasteiger partial charge in [0.1, 0.15) is 5.82 Å². The van der Waals surface area contributed by atoms with Crippen molar-refractivity contribution in [3.8, 4) is 0 Å². The van der Waals surface area contributed by atoms with Gasteiger partial charge in [0, 0.05) is 13.6 Å². The first-order valence-electron chi connectivity index (χ1n) is 6.99. The summed E-state index contributed by atoms with van der Waals surface area (Å²) in [6.45, 7) is 0.157. The van der Waals surface area contributed by atoms with Crippen LogP contribution in [0.4, 0.5) is 9.18 Å². The molecule has 0 radical (unpaired) electrons. The van der Waals surface area contributed by atoms with Crippen molar-refractivity contribution in [2.75, 3.05) is 13.6 Å². The molecule has 0 heterocycles. The van der Waals surface area contributed by atoms with E-state index < -0.39 is 5.97 Å². The Hall–Kier alpha value is -2.11. The van der Waals surface area contributed by atoms with E-state index in [0.29, 0.717) is 0 Å². The molecule has 2 rings (SSSR count). The molecule has 21 heavy (non-hydrogen) atoms. The molecule has 0 saturated heterocycles. The Morgan fingerprint density at radius 1 is 1.48 bits per heavy atom. The third-order valence-corrected chi connectivity index (χ3v) is 3.72. The van der Waals surface area contributed by atoms with E-state index in [9.17, 15) is 14.0 Å². The number of carbonyl (C=O) groups is 2. The van der Waals surface area contributed by atoms with Gasteiger partial charge in [-0.15, -0.1) is 0 Å². The zero-order valence-corrected chi connectivity index (χ0v) is 11.9. The van der Waals surface area contributed by atoms with E-state index in [-0.39, 0.29) is 30.9 Å². The zero-order valence-electron chi connectivity index (χ0n) is 11.9. The highest BCUT2D eigenvalue weighted by atomic mass is 19.1. The lowest BCUT2D eigenvalue weighted by atomic mass is 9.87. The molecule has 1 aromatic rings. The average molecular weight is 294 g/mol. The van der Waals surface area contributed by atoms with Gasteiger partial charge in [-0.25, -0.2) is 9.18 Å². The van der Waals surface area contributed by atoms with Crippen LogP contribution in [-0.2, 0) is 11.2 Å². The topological polar surface area (TPSA) is 69.6 Å². The number of hydrogen-bond donors (Lipinski definition) is 2. The Kier molecular flexibility index (Phi) is 4.77. The van der Waals surface area contributed by atoms with Gasteiger partial charge >= 0.3 is 12.0 Å². The number of benzene rings is 1. The summed E-state index contributed by atoms with van der Waals surface area (Å²) in [6.07, 6.45) is 2.42. The van der Waals surface area contributed by atoms with Gasteiger partial charge in [0.05, 0.1) is 12.5 Å². The summed E-state index contributed by atoms with van der Waals surface area (Å²) in [5.41, 5.74) is 1.88. The van der Waals surface area contributed by atoms with Crippen LogP contribution in [0.3, 0.4) is 0 Å². The molecule has 0 aliphatic heterocycles. The summed E-state index contributed by atoms with van der Waals surface area (Å²) in [5, 5.41) is 11.5. The van der Waals surface area contributed by atoms with Crippen LogP contribution in [-0.4, -0.2) is 35.6 Å². The van der Waals surface area contributed by atoms with Crippen LogP contribution < -0.4 is 5.32 Å². The largest absolute Gasteiger partial charge is 0.481 e. The van der Waals surface area contributed by atoms with Crippen LogP contribution in [0.25, 0.3) is 0 Å². The Balaban J connectivity index is 2.01. The number of nitrogens with one attached hydrogen (secondary N) is 1. The second kappa shape index (κ2) is 6.56. The number of urea groups is 1. The predicted octanol–water partition coefficient (Wildman–Crippen LogP) is 2.32. The lowest BCUT2D eigenvalue weighted by Gasteiger charge is -2.28. The van der Waals surface area contributed by atoms with Crippen molar-refractivity contribution >= 4 is 12.0 Å². The van der Waals surface area contributed by atoms with Gasteiger partial charge in [-0.05, 0) is 42.5 Å². The lowest BCUT2D eigenvalue weighted by Crippen LogP contribution is -2.41. The number of carboxylic acid groups (broad SMARTS) is 1. The monoisotopic (exact) mass is 294 g/mol. The average Bonchev–Trinajstić information content (AvgIpc) is 2.44. The molecule has 1 unspecified atom stereocenters. The zero-order chi connectivity index (χ0) is 15.4. The van der Waals surface area contributed by atoms with Crippen molar-refractivity contribution in [1.29, 1.82) is 0 Å². The summed E-state index contributed by atoms with van der Waals surface area (Å²) >= 11 is 0. The summed E-state index contributed by atoms with van der Waals surface area (Å²) < 4.78 is 13.2.